The maximum atomic E-state index is 5.33. The molecular weight excluding hydrogens is 128 g/mol. The molecule has 0 radical (unpaired) electrons. The fraction of sp³-hybridized carbons (Fsp3) is 0.200. The molecule has 0 aromatic heterocycles. The Hall–Kier alpha value is 0.340. The van der Waals surface area contributed by atoms with Crippen LogP contribution in [0.25, 0.3) is 0 Å². The Morgan fingerprint density at radius 3 is 2.62 bits per heavy atom. The van der Waals surface area contributed by atoms with E-state index in [1.54, 1.807) is 0 Å². The molecule has 0 aromatic carbocycles. The Morgan fingerprint density at radius 2 is 2.38 bits per heavy atom. The number of rotatable bonds is 0. The van der Waals surface area contributed by atoms with Crippen LogP contribution in [0.2, 0.25) is 0 Å². The van der Waals surface area contributed by atoms with Crippen molar-refractivity contribution in [2.24, 2.45) is 5.73 Å². The van der Waals surface area contributed by atoms with Gasteiger partial charge in [0, 0.05) is 0 Å². The minimum atomic E-state index is 0. The Kier molecular flexibility index (Phi) is 4.42. The average Bonchev–Trinajstić information content (AvgIpc) is 1.69. The van der Waals surface area contributed by atoms with Crippen molar-refractivity contribution in [2.75, 3.05) is 0 Å². The second-order valence-electron chi connectivity index (χ2n) is 1.44. The van der Waals surface area contributed by atoms with Gasteiger partial charge in [0.15, 0.2) is 0 Å². The molecule has 3 heteroatoms. The monoisotopic (exact) mass is 138 g/mol. The summed E-state index contributed by atoms with van der Waals surface area (Å²) in [4.78, 5) is 0. The van der Waals surface area contributed by atoms with Gasteiger partial charge in [-0.05, 0) is 18.7 Å². The van der Waals surface area contributed by atoms with Gasteiger partial charge in [0.25, 0.3) is 0 Å². The van der Waals surface area contributed by atoms with Crippen LogP contribution in [-0.4, -0.2) is 37.7 Å². The number of nitrogens with two attached hydrogens (primary N) is 1. The summed E-state index contributed by atoms with van der Waals surface area (Å²) in [6, 6.07) is 0. The second-order valence-corrected chi connectivity index (χ2v) is 1.44. The Labute approximate surface area is 78.8 Å². The standard InChI is InChI=1S/C5H8N2.Ca.2H/c6-5-3-1-2-4-7-5;;;/h2-4,7H,1,6H2;;;. The molecule has 3 N–H and O–H groups in total. The first-order valence-corrected chi connectivity index (χ1v) is 2.27. The van der Waals surface area contributed by atoms with E-state index in [-0.39, 0.29) is 37.7 Å². The van der Waals surface area contributed by atoms with Gasteiger partial charge in [0.05, 0.1) is 5.82 Å². The van der Waals surface area contributed by atoms with Crippen molar-refractivity contribution in [3.8, 4) is 0 Å². The molecular formula is C5H10CaN2. The SMILES string of the molecule is NC1=CCC=CN1.[CaH2]. The van der Waals surface area contributed by atoms with Crippen molar-refractivity contribution in [2.45, 2.75) is 6.42 Å². The van der Waals surface area contributed by atoms with E-state index in [1.165, 1.54) is 0 Å². The zero-order valence-electron chi connectivity index (χ0n) is 4.02. The van der Waals surface area contributed by atoms with E-state index in [9.17, 15) is 0 Å². The molecule has 0 atom stereocenters. The second kappa shape index (κ2) is 4.24. The normalized spacial score (nSPS) is 15.8. The van der Waals surface area contributed by atoms with Gasteiger partial charge in [0.1, 0.15) is 0 Å². The first-order chi connectivity index (χ1) is 3.39. The molecule has 1 aliphatic rings. The molecule has 42 valence electrons. The van der Waals surface area contributed by atoms with E-state index in [4.69, 9.17) is 5.73 Å². The Balaban J connectivity index is 0.000000490. The summed E-state index contributed by atoms with van der Waals surface area (Å²) in [5.41, 5.74) is 5.33. The van der Waals surface area contributed by atoms with Gasteiger partial charge in [-0.3, -0.25) is 0 Å². The molecule has 0 aromatic rings. The molecule has 0 unspecified atom stereocenters. The molecule has 0 saturated heterocycles. The summed E-state index contributed by atoms with van der Waals surface area (Å²) >= 11 is 0. The summed E-state index contributed by atoms with van der Waals surface area (Å²) < 4.78 is 0. The fourth-order valence-electron chi connectivity index (χ4n) is 0.477. The molecule has 0 fully saturated rings. The first kappa shape index (κ1) is 8.34. The maximum absolute atomic E-state index is 5.33. The molecule has 0 bridgehead atoms. The van der Waals surface area contributed by atoms with Crippen LogP contribution in [0, 0.1) is 0 Å². The van der Waals surface area contributed by atoms with Crippen LogP contribution >= 0.6 is 0 Å². The average molecular weight is 138 g/mol. The predicted octanol–water partition coefficient (Wildman–Crippen LogP) is -0.623. The quantitative estimate of drug-likeness (QED) is 0.438. The molecule has 0 amide bonds. The van der Waals surface area contributed by atoms with E-state index >= 15 is 0 Å². The molecule has 8 heavy (non-hydrogen) atoms. The van der Waals surface area contributed by atoms with Gasteiger partial charge >= 0.3 is 37.7 Å². The van der Waals surface area contributed by atoms with E-state index in [0.717, 1.165) is 12.2 Å². The minimum absolute atomic E-state index is 0. The topological polar surface area (TPSA) is 38.0 Å². The summed E-state index contributed by atoms with van der Waals surface area (Å²) in [6.45, 7) is 0. The van der Waals surface area contributed by atoms with Crippen molar-refractivity contribution < 1.29 is 0 Å². The summed E-state index contributed by atoms with van der Waals surface area (Å²) in [5, 5.41) is 2.84. The van der Waals surface area contributed by atoms with Crippen LogP contribution in [0.4, 0.5) is 0 Å². The van der Waals surface area contributed by atoms with Crippen molar-refractivity contribution in [1.29, 1.82) is 0 Å². The van der Waals surface area contributed by atoms with Crippen LogP contribution in [0.3, 0.4) is 0 Å². The molecule has 1 heterocycles. The summed E-state index contributed by atoms with van der Waals surface area (Å²) in [6.07, 6.45) is 6.74. The third-order valence-corrected chi connectivity index (χ3v) is 0.842. The van der Waals surface area contributed by atoms with E-state index in [0.29, 0.717) is 0 Å². The van der Waals surface area contributed by atoms with E-state index in [2.05, 4.69) is 5.32 Å². The van der Waals surface area contributed by atoms with Gasteiger partial charge < -0.3 is 11.1 Å². The fourth-order valence-corrected chi connectivity index (χ4v) is 0.477. The van der Waals surface area contributed by atoms with Gasteiger partial charge in [-0.25, -0.2) is 0 Å². The van der Waals surface area contributed by atoms with Crippen LogP contribution in [0.15, 0.2) is 24.2 Å². The molecule has 2 nitrogen and oxygen atoms in total. The zero-order chi connectivity index (χ0) is 5.11. The molecule has 1 aliphatic heterocycles. The molecule has 0 aliphatic carbocycles. The van der Waals surface area contributed by atoms with Gasteiger partial charge in [-0.15, -0.1) is 0 Å². The van der Waals surface area contributed by atoms with Crippen molar-refractivity contribution >= 4 is 37.7 Å². The van der Waals surface area contributed by atoms with Crippen LogP contribution in [0.1, 0.15) is 6.42 Å². The van der Waals surface area contributed by atoms with E-state index < -0.39 is 0 Å². The van der Waals surface area contributed by atoms with Crippen molar-refractivity contribution in [1.82, 2.24) is 5.32 Å². The zero-order valence-corrected chi connectivity index (χ0v) is 4.02. The van der Waals surface area contributed by atoms with E-state index in [1.807, 2.05) is 18.4 Å². The van der Waals surface area contributed by atoms with Crippen molar-refractivity contribution in [3.05, 3.63) is 24.2 Å². The number of dihydropyridines is 1. The first-order valence-electron chi connectivity index (χ1n) is 2.27. The summed E-state index contributed by atoms with van der Waals surface area (Å²) in [5.74, 6) is 0.752. The summed E-state index contributed by atoms with van der Waals surface area (Å²) in [7, 11) is 0. The number of hydrogen-bond acceptors (Lipinski definition) is 2. The van der Waals surface area contributed by atoms with Crippen LogP contribution in [-0.2, 0) is 0 Å². The number of nitrogens with one attached hydrogen (secondary N) is 1. The predicted molar refractivity (Wildman–Crippen MR) is 37.7 cm³/mol. The molecule has 0 saturated carbocycles. The molecule has 1 rings (SSSR count). The Morgan fingerprint density at radius 1 is 1.62 bits per heavy atom. The third-order valence-electron chi connectivity index (χ3n) is 0.842. The van der Waals surface area contributed by atoms with Crippen LogP contribution < -0.4 is 11.1 Å². The van der Waals surface area contributed by atoms with Crippen LogP contribution in [0.5, 0.6) is 0 Å². The van der Waals surface area contributed by atoms with Gasteiger partial charge in [-0.2, -0.15) is 0 Å². The van der Waals surface area contributed by atoms with Gasteiger partial charge in [0.2, 0.25) is 0 Å². The Bertz CT molecular complexity index is 118. The van der Waals surface area contributed by atoms with Crippen molar-refractivity contribution in [3.63, 3.8) is 0 Å². The van der Waals surface area contributed by atoms with Gasteiger partial charge in [-0.1, -0.05) is 6.08 Å². The number of allylic oxidation sites excluding steroid dienone is 2. The third kappa shape index (κ3) is 2.60. The number of hydrogen-bond donors (Lipinski definition) is 2. The molecule has 0 spiro atoms.